The number of amides is 3. The minimum absolute atomic E-state index is 0.124. The molecule has 8 nitrogen and oxygen atoms in total. The van der Waals surface area contributed by atoms with E-state index in [1.165, 1.54) is 10.9 Å². The standard InChI is InChI=1S/C24H21N5O3/c30-22(14-15-29-16-25-21-9-5-4-8-20(21)23(29)31)26-18-10-12-19(13-11-18)28-24(32)27-17-6-2-1-3-7-17/h1-13,16H,14-15H2,(H,26,30)(H2,27,28,32). The third kappa shape index (κ3) is 5.17. The van der Waals surface area contributed by atoms with Gasteiger partial charge in [0.2, 0.25) is 5.91 Å². The van der Waals surface area contributed by atoms with Crippen LogP contribution in [0.2, 0.25) is 0 Å². The lowest BCUT2D eigenvalue weighted by molar-refractivity contribution is -0.116. The number of benzene rings is 3. The largest absolute Gasteiger partial charge is 0.326 e. The smallest absolute Gasteiger partial charge is 0.323 e. The summed E-state index contributed by atoms with van der Waals surface area (Å²) in [5.74, 6) is -0.229. The van der Waals surface area contributed by atoms with Crippen LogP contribution in [0.25, 0.3) is 10.9 Å². The van der Waals surface area contributed by atoms with Crippen molar-refractivity contribution in [2.45, 2.75) is 13.0 Å². The fraction of sp³-hybridized carbons (Fsp3) is 0.0833. The number of rotatable bonds is 6. The molecule has 3 amide bonds. The van der Waals surface area contributed by atoms with E-state index in [2.05, 4.69) is 20.9 Å². The van der Waals surface area contributed by atoms with Crippen LogP contribution in [0.4, 0.5) is 21.9 Å². The third-order valence-corrected chi connectivity index (χ3v) is 4.77. The topological polar surface area (TPSA) is 105 Å². The average molecular weight is 427 g/mol. The van der Waals surface area contributed by atoms with E-state index >= 15 is 0 Å². The zero-order valence-electron chi connectivity index (χ0n) is 17.1. The van der Waals surface area contributed by atoms with Gasteiger partial charge in [-0.2, -0.15) is 0 Å². The van der Waals surface area contributed by atoms with Gasteiger partial charge in [0.25, 0.3) is 5.56 Å². The monoisotopic (exact) mass is 427 g/mol. The van der Waals surface area contributed by atoms with Crippen LogP contribution in [0.1, 0.15) is 6.42 Å². The number of urea groups is 1. The van der Waals surface area contributed by atoms with Crippen molar-refractivity contribution in [3.05, 3.63) is 95.5 Å². The lowest BCUT2D eigenvalue weighted by Gasteiger charge is -2.10. The highest BCUT2D eigenvalue weighted by atomic mass is 16.2. The van der Waals surface area contributed by atoms with Gasteiger partial charge < -0.3 is 16.0 Å². The number of hydrogen-bond acceptors (Lipinski definition) is 4. The first-order valence-corrected chi connectivity index (χ1v) is 10.1. The summed E-state index contributed by atoms with van der Waals surface area (Å²) in [5.41, 5.74) is 2.32. The molecule has 0 radical (unpaired) electrons. The fourth-order valence-electron chi connectivity index (χ4n) is 3.16. The number of aromatic nitrogens is 2. The fourth-order valence-corrected chi connectivity index (χ4v) is 3.16. The van der Waals surface area contributed by atoms with E-state index in [0.29, 0.717) is 28.0 Å². The molecule has 4 aromatic rings. The highest BCUT2D eigenvalue weighted by Crippen LogP contribution is 2.15. The summed E-state index contributed by atoms with van der Waals surface area (Å²) in [5, 5.41) is 8.77. The Morgan fingerprint density at radius 2 is 1.34 bits per heavy atom. The van der Waals surface area contributed by atoms with Crippen molar-refractivity contribution in [1.29, 1.82) is 0 Å². The predicted molar refractivity (Wildman–Crippen MR) is 125 cm³/mol. The molecule has 4 rings (SSSR count). The Morgan fingerprint density at radius 3 is 2.06 bits per heavy atom. The van der Waals surface area contributed by atoms with Crippen LogP contribution in [-0.2, 0) is 11.3 Å². The molecule has 1 heterocycles. The maximum absolute atomic E-state index is 12.5. The molecule has 0 aliphatic heterocycles. The number of nitrogens with one attached hydrogen (secondary N) is 3. The van der Waals surface area contributed by atoms with E-state index in [0.717, 1.165) is 0 Å². The molecule has 0 atom stereocenters. The molecule has 1 aromatic heterocycles. The lowest BCUT2D eigenvalue weighted by atomic mass is 10.2. The van der Waals surface area contributed by atoms with Crippen molar-refractivity contribution in [3.8, 4) is 0 Å². The molecule has 0 aliphatic rings. The molecule has 0 bridgehead atoms. The Balaban J connectivity index is 1.30. The Labute approximate surface area is 183 Å². The number of aryl methyl sites for hydroxylation is 1. The van der Waals surface area contributed by atoms with E-state index in [-0.39, 0.29) is 30.5 Å². The van der Waals surface area contributed by atoms with Crippen molar-refractivity contribution in [3.63, 3.8) is 0 Å². The van der Waals surface area contributed by atoms with Gasteiger partial charge in [-0.15, -0.1) is 0 Å². The summed E-state index contributed by atoms with van der Waals surface area (Å²) in [6, 6.07) is 22.6. The molecule has 0 fully saturated rings. The second-order valence-electron chi connectivity index (χ2n) is 7.08. The van der Waals surface area contributed by atoms with Gasteiger partial charge >= 0.3 is 6.03 Å². The van der Waals surface area contributed by atoms with E-state index in [4.69, 9.17) is 0 Å². The first-order valence-electron chi connectivity index (χ1n) is 10.1. The maximum atomic E-state index is 12.5. The number of carbonyl (C=O) groups is 2. The van der Waals surface area contributed by atoms with Gasteiger partial charge in [0.1, 0.15) is 0 Å². The summed E-state index contributed by atoms with van der Waals surface area (Å²) in [6.45, 7) is 0.224. The van der Waals surface area contributed by atoms with Crippen molar-refractivity contribution < 1.29 is 9.59 Å². The average Bonchev–Trinajstić information content (AvgIpc) is 2.81. The van der Waals surface area contributed by atoms with Crippen molar-refractivity contribution >= 4 is 39.9 Å². The van der Waals surface area contributed by atoms with E-state index in [1.54, 1.807) is 54.6 Å². The number of hydrogen-bond donors (Lipinski definition) is 3. The highest BCUT2D eigenvalue weighted by molar-refractivity contribution is 6.00. The molecule has 0 saturated heterocycles. The number of nitrogens with zero attached hydrogens (tertiary/aromatic N) is 2. The van der Waals surface area contributed by atoms with E-state index in [9.17, 15) is 14.4 Å². The third-order valence-electron chi connectivity index (χ3n) is 4.77. The summed E-state index contributed by atoms with van der Waals surface area (Å²) in [7, 11) is 0. The van der Waals surface area contributed by atoms with Crippen LogP contribution >= 0.6 is 0 Å². The molecule has 0 spiro atoms. The first-order chi connectivity index (χ1) is 15.6. The molecule has 0 unspecified atom stereocenters. The summed E-state index contributed by atoms with van der Waals surface area (Å²) in [4.78, 5) is 41.1. The van der Waals surface area contributed by atoms with Gasteiger partial charge in [-0.3, -0.25) is 14.2 Å². The Hall–Kier alpha value is -4.46. The molecular formula is C24H21N5O3. The highest BCUT2D eigenvalue weighted by Gasteiger charge is 2.08. The zero-order chi connectivity index (χ0) is 22.3. The second kappa shape index (κ2) is 9.57. The summed E-state index contributed by atoms with van der Waals surface area (Å²) < 4.78 is 1.43. The van der Waals surface area contributed by atoms with Crippen molar-refractivity contribution in [2.24, 2.45) is 0 Å². The van der Waals surface area contributed by atoms with Crippen LogP contribution in [0.15, 0.2) is 90.0 Å². The summed E-state index contributed by atoms with van der Waals surface area (Å²) >= 11 is 0. The first kappa shape index (κ1) is 20.8. The predicted octanol–water partition coefficient (Wildman–Crippen LogP) is 4.07. The molecule has 3 N–H and O–H groups in total. The molecule has 160 valence electrons. The molecule has 0 aliphatic carbocycles. The molecule has 8 heteroatoms. The van der Waals surface area contributed by atoms with Gasteiger partial charge in [0.15, 0.2) is 0 Å². The molecule has 32 heavy (non-hydrogen) atoms. The van der Waals surface area contributed by atoms with Gasteiger partial charge in [0.05, 0.1) is 17.2 Å². The van der Waals surface area contributed by atoms with Crippen molar-refractivity contribution in [2.75, 3.05) is 16.0 Å². The van der Waals surface area contributed by atoms with Crippen LogP contribution in [0.3, 0.4) is 0 Å². The lowest BCUT2D eigenvalue weighted by Crippen LogP contribution is -2.23. The van der Waals surface area contributed by atoms with Gasteiger partial charge in [0, 0.05) is 30.0 Å². The zero-order valence-corrected chi connectivity index (χ0v) is 17.1. The number of fused-ring (bicyclic) bond motifs is 1. The quantitative estimate of drug-likeness (QED) is 0.431. The van der Waals surface area contributed by atoms with Crippen LogP contribution in [0, 0.1) is 0 Å². The molecular weight excluding hydrogens is 406 g/mol. The molecule has 3 aromatic carbocycles. The van der Waals surface area contributed by atoms with Crippen molar-refractivity contribution in [1.82, 2.24) is 9.55 Å². The molecule has 0 saturated carbocycles. The minimum atomic E-state index is -0.359. The van der Waals surface area contributed by atoms with Crippen LogP contribution < -0.4 is 21.5 Å². The van der Waals surface area contributed by atoms with Gasteiger partial charge in [-0.25, -0.2) is 9.78 Å². The normalized spacial score (nSPS) is 10.5. The van der Waals surface area contributed by atoms with Gasteiger partial charge in [-0.05, 0) is 48.5 Å². The Kier molecular flexibility index (Phi) is 6.22. The number of carbonyl (C=O) groups excluding carboxylic acids is 2. The summed E-state index contributed by atoms with van der Waals surface area (Å²) in [6.07, 6.45) is 1.58. The van der Waals surface area contributed by atoms with E-state index < -0.39 is 0 Å². The van der Waals surface area contributed by atoms with Crippen LogP contribution in [0.5, 0.6) is 0 Å². The Bertz CT molecular complexity index is 1300. The van der Waals surface area contributed by atoms with Gasteiger partial charge in [-0.1, -0.05) is 30.3 Å². The Morgan fingerprint density at radius 1 is 0.750 bits per heavy atom. The SMILES string of the molecule is O=C(CCn1cnc2ccccc2c1=O)Nc1ccc(NC(=O)Nc2ccccc2)cc1. The minimum Gasteiger partial charge on any atom is -0.326 e. The second-order valence-corrected chi connectivity index (χ2v) is 7.08. The number of anilines is 3. The maximum Gasteiger partial charge on any atom is 0.323 e. The van der Waals surface area contributed by atoms with Crippen LogP contribution in [-0.4, -0.2) is 21.5 Å². The van der Waals surface area contributed by atoms with E-state index in [1.807, 2.05) is 24.3 Å². The number of para-hydroxylation sites is 2.